The van der Waals surface area contributed by atoms with E-state index in [4.69, 9.17) is 10.00 Å². The monoisotopic (exact) mass is 175 g/mol. The summed E-state index contributed by atoms with van der Waals surface area (Å²) in [6.45, 7) is 2.01. The zero-order valence-corrected chi connectivity index (χ0v) is 7.95. The largest absolute Gasteiger partial charge is 0.497 e. The summed E-state index contributed by atoms with van der Waals surface area (Å²) in [6.07, 6.45) is 0.850. The minimum Gasteiger partial charge on any atom is -0.497 e. The number of rotatable bonds is 3. The van der Waals surface area contributed by atoms with Crippen molar-refractivity contribution in [2.45, 2.75) is 19.3 Å². The zero-order valence-electron chi connectivity index (χ0n) is 7.95. The third kappa shape index (κ3) is 2.22. The lowest BCUT2D eigenvalue weighted by atomic mass is 9.98. The van der Waals surface area contributed by atoms with Crippen molar-refractivity contribution < 1.29 is 4.74 Å². The van der Waals surface area contributed by atoms with Crippen LogP contribution in [-0.4, -0.2) is 7.11 Å². The predicted octanol–water partition coefficient (Wildman–Crippen LogP) is 2.71. The van der Waals surface area contributed by atoms with Crippen LogP contribution in [0.15, 0.2) is 24.3 Å². The third-order valence-electron chi connectivity index (χ3n) is 2.08. The van der Waals surface area contributed by atoms with E-state index in [1.165, 1.54) is 0 Å². The Balaban J connectivity index is 2.86. The normalized spacial score (nSPS) is 11.8. The maximum Gasteiger partial charge on any atom is 0.118 e. The SMILES string of the molecule is CC[C@H](C#N)c1ccc(OC)cc1. The third-order valence-corrected chi connectivity index (χ3v) is 2.08. The van der Waals surface area contributed by atoms with Gasteiger partial charge in [-0.25, -0.2) is 0 Å². The van der Waals surface area contributed by atoms with Gasteiger partial charge in [-0.3, -0.25) is 0 Å². The molecule has 0 unspecified atom stereocenters. The smallest absolute Gasteiger partial charge is 0.118 e. The molecule has 0 amide bonds. The highest BCUT2D eigenvalue weighted by Crippen LogP contribution is 2.20. The molecule has 1 aromatic carbocycles. The maximum atomic E-state index is 8.82. The Labute approximate surface area is 78.8 Å². The Hall–Kier alpha value is -1.49. The summed E-state index contributed by atoms with van der Waals surface area (Å²) in [5.74, 6) is 0.836. The zero-order chi connectivity index (χ0) is 9.68. The molecule has 0 radical (unpaired) electrons. The lowest BCUT2D eigenvalue weighted by Gasteiger charge is -2.06. The molecule has 0 bridgehead atoms. The summed E-state index contributed by atoms with van der Waals surface area (Å²) >= 11 is 0. The number of ether oxygens (including phenoxy) is 1. The van der Waals surface area contributed by atoms with Gasteiger partial charge in [0.05, 0.1) is 19.1 Å². The first-order valence-electron chi connectivity index (χ1n) is 4.35. The van der Waals surface area contributed by atoms with Crippen molar-refractivity contribution in [3.8, 4) is 11.8 Å². The average molecular weight is 175 g/mol. The molecule has 0 saturated carbocycles. The second-order valence-corrected chi connectivity index (χ2v) is 2.86. The molecular formula is C11H13NO. The van der Waals surface area contributed by atoms with Crippen LogP contribution in [0.4, 0.5) is 0 Å². The molecule has 0 aliphatic carbocycles. The molecule has 1 atom stereocenters. The van der Waals surface area contributed by atoms with E-state index < -0.39 is 0 Å². The standard InChI is InChI=1S/C11H13NO/c1-3-9(8-12)10-4-6-11(13-2)7-5-10/h4-7,9H,3H2,1-2H3/t9-/m1/s1. The van der Waals surface area contributed by atoms with Gasteiger partial charge in [-0.1, -0.05) is 19.1 Å². The van der Waals surface area contributed by atoms with Crippen molar-refractivity contribution in [3.63, 3.8) is 0 Å². The molecule has 1 aromatic rings. The Morgan fingerprint density at radius 2 is 2.00 bits per heavy atom. The molecule has 0 N–H and O–H groups in total. The van der Waals surface area contributed by atoms with Crippen LogP contribution in [0, 0.1) is 11.3 Å². The van der Waals surface area contributed by atoms with E-state index >= 15 is 0 Å². The minimum absolute atomic E-state index is 0.00547. The maximum absolute atomic E-state index is 8.82. The quantitative estimate of drug-likeness (QED) is 0.707. The second kappa shape index (κ2) is 4.51. The summed E-state index contributed by atoms with van der Waals surface area (Å²) in [4.78, 5) is 0. The van der Waals surface area contributed by atoms with Crippen molar-refractivity contribution in [2.75, 3.05) is 7.11 Å². The number of benzene rings is 1. The van der Waals surface area contributed by atoms with Crippen molar-refractivity contribution in [3.05, 3.63) is 29.8 Å². The molecule has 0 saturated heterocycles. The Bertz CT molecular complexity index is 297. The molecule has 0 heterocycles. The number of nitrogens with zero attached hydrogens (tertiary/aromatic N) is 1. The van der Waals surface area contributed by atoms with E-state index in [2.05, 4.69) is 6.07 Å². The van der Waals surface area contributed by atoms with E-state index in [1.807, 2.05) is 31.2 Å². The minimum atomic E-state index is 0.00547. The van der Waals surface area contributed by atoms with Gasteiger partial charge >= 0.3 is 0 Å². The summed E-state index contributed by atoms with van der Waals surface area (Å²) in [6, 6.07) is 9.91. The molecule has 0 fully saturated rings. The van der Waals surface area contributed by atoms with Gasteiger partial charge in [0.15, 0.2) is 0 Å². The summed E-state index contributed by atoms with van der Waals surface area (Å²) in [5, 5.41) is 8.82. The average Bonchev–Trinajstić information content (AvgIpc) is 2.21. The van der Waals surface area contributed by atoms with E-state index in [1.54, 1.807) is 7.11 Å². The molecule has 68 valence electrons. The first-order valence-corrected chi connectivity index (χ1v) is 4.35. The summed E-state index contributed by atoms with van der Waals surface area (Å²) < 4.78 is 5.03. The molecule has 0 spiro atoms. The van der Waals surface area contributed by atoms with Crippen LogP contribution in [0.5, 0.6) is 5.75 Å². The van der Waals surface area contributed by atoms with Crippen molar-refractivity contribution >= 4 is 0 Å². The first kappa shape index (κ1) is 9.60. The van der Waals surface area contributed by atoms with Gasteiger partial charge in [-0.05, 0) is 24.1 Å². The highest BCUT2D eigenvalue weighted by Gasteiger charge is 2.06. The van der Waals surface area contributed by atoms with Crippen molar-refractivity contribution in [1.82, 2.24) is 0 Å². The van der Waals surface area contributed by atoms with Gasteiger partial charge in [0.2, 0.25) is 0 Å². The molecule has 0 aliphatic heterocycles. The molecule has 0 aromatic heterocycles. The molecule has 13 heavy (non-hydrogen) atoms. The Kier molecular flexibility index (Phi) is 3.33. The number of hydrogen-bond acceptors (Lipinski definition) is 2. The van der Waals surface area contributed by atoms with Gasteiger partial charge in [0.25, 0.3) is 0 Å². The van der Waals surface area contributed by atoms with Crippen LogP contribution < -0.4 is 4.74 Å². The molecule has 2 nitrogen and oxygen atoms in total. The van der Waals surface area contributed by atoms with Crippen LogP contribution in [0.25, 0.3) is 0 Å². The second-order valence-electron chi connectivity index (χ2n) is 2.86. The fourth-order valence-corrected chi connectivity index (χ4v) is 1.24. The molecule has 2 heteroatoms. The van der Waals surface area contributed by atoms with Crippen molar-refractivity contribution in [1.29, 1.82) is 5.26 Å². The molecule has 0 aliphatic rings. The predicted molar refractivity (Wildman–Crippen MR) is 51.6 cm³/mol. The molecular weight excluding hydrogens is 162 g/mol. The lowest BCUT2D eigenvalue weighted by molar-refractivity contribution is 0.414. The van der Waals surface area contributed by atoms with E-state index in [9.17, 15) is 0 Å². The van der Waals surface area contributed by atoms with Crippen LogP contribution in [0.3, 0.4) is 0 Å². The fourth-order valence-electron chi connectivity index (χ4n) is 1.24. The molecule has 1 rings (SSSR count). The van der Waals surface area contributed by atoms with Crippen LogP contribution >= 0.6 is 0 Å². The van der Waals surface area contributed by atoms with Crippen molar-refractivity contribution in [2.24, 2.45) is 0 Å². The van der Waals surface area contributed by atoms with Gasteiger partial charge in [-0.15, -0.1) is 0 Å². The van der Waals surface area contributed by atoms with Gasteiger partial charge < -0.3 is 4.74 Å². The van der Waals surface area contributed by atoms with E-state index in [-0.39, 0.29) is 5.92 Å². The lowest BCUT2D eigenvalue weighted by Crippen LogP contribution is -1.93. The summed E-state index contributed by atoms with van der Waals surface area (Å²) in [5.41, 5.74) is 1.06. The number of methoxy groups -OCH3 is 1. The van der Waals surface area contributed by atoms with E-state index in [0.717, 1.165) is 17.7 Å². The van der Waals surface area contributed by atoms with E-state index in [0.29, 0.717) is 0 Å². The van der Waals surface area contributed by atoms with Gasteiger partial charge in [0, 0.05) is 0 Å². The topological polar surface area (TPSA) is 33.0 Å². The van der Waals surface area contributed by atoms with Gasteiger partial charge in [0.1, 0.15) is 5.75 Å². The van der Waals surface area contributed by atoms with Gasteiger partial charge in [-0.2, -0.15) is 5.26 Å². The highest BCUT2D eigenvalue weighted by molar-refractivity contribution is 5.31. The number of nitriles is 1. The fraction of sp³-hybridized carbons (Fsp3) is 0.364. The highest BCUT2D eigenvalue weighted by atomic mass is 16.5. The Morgan fingerprint density at radius 1 is 1.38 bits per heavy atom. The van der Waals surface area contributed by atoms with Crippen LogP contribution in [0.1, 0.15) is 24.8 Å². The summed E-state index contributed by atoms with van der Waals surface area (Å²) in [7, 11) is 1.64. The van der Waals surface area contributed by atoms with Crippen LogP contribution in [0.2, 0.25) is 0 Å². The number of hydrogen-bond donors (Lipinski definition) is 0. The Morgan fingerprint density at radius 3 is 2.38 bits per heavy atom. The first-order chi connectivity index (χ1) is 6.31. The van der Waals surface area contributed by atoms with Crippen LogP contribution in [-0.2, 0) is 0 Å².